The summed E-state index contributed by atoms with van der Waals surface area (Å²) in [6.45, 7) is 1.66. The zero-order valence-electron chi connectivity index (χ0n) is 6.47. The maximum Gasteiger partial charge on any atom is 0.155 e. The Kier molecular flexibility index (Phi) is 3.22. The zero-order chi connectivity index (χ0) is 9.19. The molecule has 0 aromatic heterocycles. The lowest BCUT2D eigenvalue weighted by Gasteiger charge is -2.29. The summed E-state index contributed by atoms with van der Waals surface area (Å²) in [6, 6.07) is 0. The van der Waals surface area contributed by atoms with Crippen LogP contribution in [0.25, 0.3) is 0 Å². The monoisotopic (exact) mass is 196 g/mol. The van der Waals surface area contributed by atoms with Gasteiger partial charge in [-0.1, -0.05) is 0 Å². The summed E-state index contributed by atoms with van der Waals surface area (Å²) in [5, 5.41) is 0. The number of hydrogen-bond acceptors (Lipinski definition) is 6. The number of phosphoric ester groups is 1. The molecule has 1 heterocycles. The lowest BCUT2D eigenvalue weighted by Crippen LogP contribution is -2.23. The molecule has 0 N–H and O–H groups in total. The van der Waals surface area contributed by atoms with E-state index in [1.54, 1.807) is 6.92 Å². The maximum absolute atomic E-state index is 10.0. The summed E-state index contributed by atoms with van der Waals surface area (Å²) < 4.78 is 24.0. The molecule has 7 heteroatoms. The van der Waals surface area contributed by atoms with E-state index in [1.807, 2.05) is 0 Å². The molecule has 72 valence electrons. The van der Waals surface area contributed by atoms with Crippen LogP contribution in [-0.4, -0.2) is 25.6 Å². The van der Waals surface area contributed by atoms with Crippen molar-refractivity contribution in [1.29, 1.82) is 0 Å². The number of ether oxygens (including phenoxy) is 2. The van der Waals surface area contributed by atoms with Crippen molar-refractivity contribution in [3.63, 3.8) is 0 Å². The molecule has 2 unspecified atom stereocenters. The summed E-state index contributed by atoms with van der Waals surface area (Å²) in [5.41, 5.74) is 0. The third kappa shape index (κ3) is 3.62. The van der Waals surface area contributed by atoms with Crippen LogP contribution in [0.15, 0.2) is 0 Å². The molecule has 0 amide bonds. The first kappa shape index (κ1) is 10.1. The first-order valence-corrected chi connectivity index (χ1v) is 4.87. The van der Waals surface area contributed by atoms with Crippen LogP contribution in [0.2, 0.25) is 0 Å². The molecule has 0 aromatic rings. The van der Waals surface area contributed by atoms with E-state index in [2.05, 4.69) is 4.52 Å². The van der Waals surface area contributed by atoms with E-state index in [4.69, 9.17) is 9.47 Å². The van der Waals surface area contributed by atoms with E-state index in [9.17, 15) is 14.4 Å². The van der Waals surface area contributed by atoms with Crippen molar-refractivity contribution in [3.05, 3.63) is 0 Å². The van der Waals surface area contributed by atoms with Gasteiger partial charge in [0, 0.05) is 0 Å². The van der Waals surface area contributed by atoms with Gasteiger partial charge in [0.2, 0.25) is 0 Å². The summed E-state index contributed by atoms with van der Waals surface area (Å²) in [4.78, 5) is 20.0. The van der Waals surface area contributed by atoms with Gasteiger partial charge in [-0.25, -0.2) is 0 Å². The standard InChI is InChI=1S/C5H11O6P/c1-4-9-2-5(11-4)3-10-12(6,7)8/h4-5H,2-3H2,1H3,(H2,6,7,8)/p-2. The van der Waals surface area contributed by atoms with Crippen molar-refractivity contribution >= 4 is 7.82 Å². The topological polar surface area (TPSA) is 90.9 Å². The minimum Gasteiger partial charge on any atom is -0.790 e. The molecule has 1 aliphatic heterocycles. The summed E-state index contributed by atoms with van der Waals surface area (Å²) >= 11 is 0. The second kappa shape index (κ2) is 3.83. The molecule has 2 atom stereocenters. The van der Waals surface area contributed by atoms with Gasteiger partial charge in [0.05, 0.1) is 21.0 Å². The van der Waals surface area contributed by atoms with Gasteiger partial charge in [-0.2, -0.15) is 0 Å². The van der Waals surface area contributed by atoms with Crippen molar-refractivity contribution in [2.24, 2.45) is 0 Å². The highest BCUT2D eigenvalue weighted by molar-refractivity contribution is 7.43. The second-order valence-electron chi connectivity index (χ2n) is 2.40. The van der Waals surface area contributed by atoms with Gasteiger partial charge in [0.1, 0.15) is 6.10 Å². The molecule has 0 aliphatic carbocycles. The Balaban J connectivity index is 2.21. The van der Waals surface area contributed by atoms with Crippen LogP contribution in [0, 0.1) is 0 Å². The third-order valence-corrected chi connectivity index (χ3v) is 1.78. The number of phosphoric acid groups is 1. The van der Waals surface area contributed by atoms with Crippen LogP contribution >= 0.6 is 7.82 Å². The van der Waals surface area contributed by atoms with Crippen LogP contribution in [-0.2, 0) is 18.6 Å². The molecule has 0 aromatic carbocycles. The van der Waals surface area contributed by atoms with E-state index >= 15 is 0 Å². The molecule has 0 saturated carbocycles. The van der Waals surface area contributed by atoms with Gasteiger partial charge in [-0.3, -0.25) is 0 Å². The SMILES string of the molecule is CC1OCC(COP(=O)([O-])[O-])O1. The third-order valence-electron chi connectivity index (χ3n) is 1.32. The van der Waals surface area contributed by atoms with Gasteiger partial charge in [-0.15, -0.1) is 0 Å². The van der Waals surface area contributed by atoms with Gasteiger partial charge in [-0.05, 0) is 6.92 Å². The Morgan fingerprint density at radius 1 is 1.67 bits per heavy atom. The molecule has 0 spiro atoms. The minimum atomic E-state index is -4.87. The predicted molar refractivity (Wildman–Crippen MR) is 33.8 cm³/mol. The van der Waals surface area contributed by atoms with Gasteiger partial charge >= 0.3 is 0 Å². The molecular weight excluding hydrogens is 187 g/mol. The van der Waals surface area contributed by atoms with E-state index in [0.29, 0.717) is 0 Å². The van der Waals surface area contributed by atoms with Crippen molar-refractivity contribution in [1.82, 2.24) is 0 Å². The lowest BCUT2D eigenvalue weighted by molar-refractivity contribution is -0.342. The largest absolute Gasteiger partial charge is 0.790 e. The Morgan fingerprint density at radius 3 is 2.75 bits per heavy atom. The van der Waals surface area contributed by atoms with Gasteiger partial charge in [0.15, 0.2) is 6.29 Å². The van der Waals surface area contributed by atoms with Crippen LogP contribution in [0.4, 0.5) is 0 Å². The second-order valence-corrected chi connectivity index (χ2v) is 3.55. The highest BCUT2D eigenvalue weighted by atomic mass is 31.2. The zero-order valence-corrected chi connectivity index (χ0v) is 7.36. The fraction of sp³-hybridized carbons (Fsp3) is 1.00. The van der Waals surface area contributed by atoms with Gasteiger partial charge in [0.25, 0.3) is 0 Å². The molecule has 1 aliphatic rings. The Bertz CT molecular complexity index is 188. The van der Waals surface area contributed by atoms with Crippen molar-refractivity contribution in [2.75, 3.05) is 13.2 Å². The molecule has 0 radical (unpaired) electrons. The highest BCUT2D eigenvalue weighted by Crippen LogP contribution is 2.26. The Labute approximate surface area is 69.7 Å². The minimum absolute atomic E-state index is 0.251. The molecule has 6 nitrogen and oxygen atoms in total. The van der Waals surface area contributed by atoms with E-state index < -0.39 is 13.9 Å². The normalized spacial score (nSPS) is 30.9. The van der Waals surface area contributed by atoms with Crippen LogP contribution in [0.1, 0.15) is 6.92 Å². The van der Waals surface area contributed by atoms with Crippen molar-refractivity contribution in [3.8, 4) is 0 Å². The Morgan fingerprint density at radius 2 is 2.33 bits per heavy atom. The first-order valence-electron chi connectivity index (χ1n) is 3.41. The molecule has 1 saturated heterocycles. The molecule has 0 bridgehead atoms. The fourth-order valence-electron chi connectivity index (χ4n) is 0.854. The molecule has 12 heavy (non-hydrogen) atoms. The lowest BCUT2D eigenvalue weighted by atomic mass is 10.4. The van der Waals surface area contributed by atoms with E-state index in [1.165, 1.54) is 0 Å². The summed E-state index contributed by atoms with van der Waals surface area (Å²) in [5.74, 6) is 0. The van der Waals surface area contributed by atoms with Crippen molar-refractivity contribution < 1.29 is 28.3 Å². The number of hydrogen-bond donors (Lipinski definition) is 0. The highest BCUT2D eigenvalue weighted by Gasteiger charge is 2.22. The van der Waals surface area contributed by atoms with Crippen LogP contribution in [0.5, 0.6) is 0 Å². The quantitative estimate of drug-likeness (QED) is 0.515. The first-order chi connectivity index (χ1) is 5.47. The average molecular weight is 196 g/mol. The smallest absolute Gasteiger partial charge is 0.155 e. The average Bonchev–Trinajstić information content (AvgIpc) is 2.30. The van der Waals surface area contributed by atoms with Gasteiger partial charge < -0.3 is 28.3 Å². The molecule has 1 fully saturated rings. The summed E-state index contributed by atoms with van der Waals surface area (Å²) in [7, 11) is -4.87. The van der Waals surface area contributed by atoms with E-state index in [-0.39, 0.29) is 19.5 Å². The van der Waals surface area contributed by atoms with Crippen LogP contribution in [0.3, 0.4) is 0 Å². The molecular formula is C5H9O6P-2. The van der Waals surface area contributed by atoms with Crippen molar-refractivity contribution in [2.45, 2.75) is 19.3 Å². The predicted octanol–water partition coefficient (Wildman–Crippen LogP) is -1.41. The maximum atomic E-state index is 10.0. The summed E-state index contributed by atoms with van der Waals surface area (Å²) in [6.07, 6.45) is -0.826. The van der Waals surface area contributed by atoms with Crippen LogP contribution < -0.4 is 9.79 Å². The van der Waals surface area contributed by atoms with E-state index in [0.717, 1.165) is 0 Å². The fourth-order valence-corrected chi connectivity index (χ4v) is 1.20. The molecule has 1 rings (SSSR count). The Hall–Kier alpha value is 0.0300. The number of rotatable bonds is 3.